The van der Waals surface area contributed by atoms with Gasteiger partial charge in [-0.25, -0.2) is 13.7 Å². The number of hydrogen-bond donors (Lipinski definition) is 1. The first-order valence-corrected chi connectivity index (χ1v) is 12.9. The van der Waals surface area contributed by atoms with E-state index in [0.29, 0.717) is 10.5 Å². The van der Waals surface area contributed by atoms with Gasteiger partial charge in [-0.3, -0.25) is 0 Å². The molecule has 0 saturated carbocycles. The zero-order chi connectivity index (χ0) is 24.3. The third kappa shape index (κ3) is 6.75. The summed E-state index contributed by atoms with van der Waals surface area (Å²) in [5.74, 6) is -0.389. The lowest BCUT2D eigenvalue weighted by molar-refractivity contribution is -0.138. The van der Waals surface area contributed by atoms with Crippen LogP contribution >= 0.6 is 0 Å². The van der Waals surface area contributed by atoms with E-state index in [-0.39, 0.29) is 12.6 Å². The third-order valence-electron chi connectivity index (χ3n) is 5.60. The zero-order valence-electron chi connectivity index (χ0n) is 20.1. The molecule has 0 aliphatic heterocycles. The molecular weight excluding hydrogens is 442 g/mol. The van der Waals surface area contributed by atoms with Gasteiger partial charge >= 0.3 is 5.97 Å². The number of benzene rings is 3. The summed E-state index contributed by atoms with van der Waals surface area (Å²) in [5, 5.41) is 0. The molecule has 0 radical (unpaired) electrons. The fraction of sp³-hybridized carbons (Fsp3) is 0.276. The van der Waals surface area contributed by atoms with Gasteiger partial charge < -0.3 is 4.74 Å². The quantitative estimate of drug-likeness (QED) is 0.252. The Kier molecular flexibility index (Phi) is 9.80. The fourth-order valence-electron chi connectivity index (χ4n) is 3.83. The predicted octanol–water partition coefficient (Wildman–Crippen LogP) is 6.56. The Balaban J connectivity index is 2.18. The van der Waals surface area contributed by atoms with E-state index in [9.17, 15) is 9.00 Å². The van der Waals surface area contributed by atoms with Gasteiger partial charge in [0.2, 0.25) is 0 Å². The van der Waals surface area contributed by atoms with Crippen molar-refractivity contribution >= 4 is 22.5 Å². The SMILES string of the molecule is CCCC/C(=C(/C(=O)OCC)[C@@H](NS(=O)c1ccc(C)cc1)c1ccccc1)c1ccccc1. The van der Waals surface area contributed by atoms with Gasteiger partial charge in [-0.15, -0.1) is 0 Å². The molecule has 0 spiro atoms. The number of unbranched alkanes of at least 4 members (excludes halogenated alkanes) is 1. The van der Waals surface area contributed by atoms with Crippen LogP contribution in [0.15, 0.2) is 95.4 Å². The van der Waals surface area contributed by atoms with Gasteiger partial charge in [-0.05, 0) is 55.5 Å². The molecule has 0 saturated heterocycles. The first-order valence-electron chi connectivity index (χ1n) is 11.8. The molecule has 0 aliphatic carbocycles. The maximum absolute atomic E-state index is 13.5. The van der Waals surface area contributed by atoms with Gasteiger partial charge in [0.15, 0.2) is 0 Å². The van der Waals surface area contributed by atoms with Crippen LogP contribution in [0.2, 0.25) is 0 Å². The molecule has 3 aromatic carbocycles. The first kappa shape index (κ1) is 25.6. The molecule has 5 heteroatoms. The van der Waals surface area contributed by atoms with E-state index in [4.69, 9.17) is 4.74 Å². The van der Waals surface area contributed by atoms with Crippen molar-refractivity contribution in [3.8, 4) is 0 Å². The van der Waals surface area contributed by atoms with Crippen molar-refractivity contribution in [1.82, 2.24) is 4.72 Å². The number of ether oxygens (including phenoxy) is 1. The summed E-state index contributed by atoms with van der Waals surface area (Å²) in [6, 6.07) is 26.6. The summed E-state index contributed by atoms with van der Waals surface area (Å²) in [7, 11) is -1.53. The molecule has 0 aromatic heterocycles. The summed E-state index contributed by atoms with van der Waals surface area (Å²) in [6.45, 7) is 6.19. The Morgan fingerprint density at radius 3 is 2.12 bits per heavy atom. The van der Waals surface area contributed by atoms with Crippen LogP contribution in [-0.2, 0) is 20.5 Å². The number of allylic oxidation sites excluding steroid dienone is 1. The van der Waals surface area contributed by atoms with Gasteiger partial charge in [0.05, 0.1) is 23.1 Å². The van der Waals surface area contributed by atoms with Crippen molar-refractivity contribution in [3.63, 3.8) is 0 Å². The van der Waals surface area contributed by atoms with Crippen LogP contribution in [-0.4, -0.2) is 16.8 Å². The molecule has 2 atom stereocenters. The van der Waals surface area contributed by atoms with Crippen molar-refractivity contribution in [2.75, 3.05) is 6.61 Å². The van der Waals surface area contributed by atoms with E-state index < -0.39 is 17.0 Å². The molecule has 34 heavy (non-hydrogen) atoms. The average molecular weight is 476 g/mol. The number of carbonyl (C=O) groups is 1. The van der Waals surface area contributed by atoms with Crippen LogP contribution in [0.4, 0.5) is 0 Å². The minimum atomic E-state index is -1.53. The topological polar surface area (TPSA) is 55.4 Å². The molecule has 3 aromatic rings. The Morgan fingerprint density at radius 2 is 1.53 bits per heavy atom. The van der Waals surface area contributed by atoms with Crippen molar-refractivity contribution in [2.45, 2.75) is 51.0 Å². The molecular formula is C29H33NO3S. The van der Waals surface area contributed by atoms with E-state index in [1.807, 2.05) is 91.9 Å². The number of nitrogens with one attached hydrogen (secondary N) is 1. The van der Waals surface area contributed by atoms with Crippen LogP contribution in [0.25, 0.3) is 5.57 Å². The van der Waals surface area contributed by atoms with Crippen LogP contribution < -0.4 is 4.72 Å². The largest absolute Gasteiger partial charge is 0.463 e. The van der Waals surface area contributed by atoms with E-state index in [1.165, 1.54) is 0 Å². The second kappa shape index (κ2) is 13.0. The molecule has 178 valence electrons. The standard InChI is InChI=1S/C29H33NO3S/c1-4-6-17-26(23-13-9-7-10-14-23)27(29(31)33-5-2)28(24-15-11-8-12-16-24)30-34(32)25-20-18-22(3)19-21-25/h7-16,18-21,28,30H,4-6,17H2,1-3H3/b27-26-/t28-,34?/m0/s1. The second-order valence-electron chi connectivity index (χ2n) is 8.13. The van der Waals surface area contributed by atoms with Gasteiger partial charge in [0.25, 0.3) is 0 Å². The molecule has 0 aliphatic rings. The predicted molar refractivity (Wildman–Crippen MR) is 139 cm³/mol. The third-order valence-corrected chi connectivity index (χ3v) is 6.75. The monoisotopic (exact) mass is 475 g/mol. The van der Waals surface area contributed by atoms with E-state index in [0.717, 1.165) is 41.5 Å². The van der Waals surface area contributed by atoms with Gasteiger partial charge in [0, 0.05) is 0 Å². The lowest BCUT2D eigenvalue weighted by Gasteiger charge is -2.25. The molecule has 0 heterocycles. The summed E-state index contributed by atoms with van der Waals surface area (Å²) in [6.07, 6.45) is 2.64. The van der Waals surface area contributed by atoms with Crippen LogP contribution in [0, 0.1) is 6.92 Å². The minimum absolute atomic E-state index is 0.265. The number of rotatable bonds is 11. The van der Waals surface area contributed by atoms with Crippen molar-refractivity contribution in [3.05, 3.63) is 107 Å². The number of aryl methyl sites for hydroxylation is 1. The van der Waals surface area contributed by atoms with Crippen molar-refractivity contribution in [2.24, 2.45) is 0 Å². The Hall–Kier alpha value is -3.02. The molecule has 0 fully saturated rings. The van der Waals surface area contributed by atoms with Gasteiger partial charge in [-0.2, -0.15) is 0 Å². The Morgan fingerprint density at radius 1 is 0.912 bits per heavy atom. The fourth-order valence-corrected chi connectivity index (χ4v) is 4.81. The first-order chi connectivity index (χ1) is 16.5. The Labute approximate surface area is 205 Å². The van der Waals surface area contributed by atoms with E-state index in [2.05, 4.69) is 11.6 Å². The highest BCUT2D eigenvalue weighted by Crippen LogP contribution is 2.34. The minimum Gasteiger partial charge on any atom is -0.463 e. The lowest BCUT2D eigenvalue weighted by Crippen LogP contribution is -2.30. The average Bonchev–Trinajstić information content (AvgIpc) is 2.87. The molecule has 0 amide bonds. The summed E-state index contributed by atoms with van der Waals surface area (Å²) >= 11 is 0. The Bertz CT molecular complexity index is 1110. The maximum Gasteiger partial charge on any atom is 0.336 e. The maximum atomic E-state index is 13.5. The molecule has 0 bridgehead atoms. The van der Waals surface area contributed by atoms with Gasteiger partial charge in [0.1, 0.15) is 11.0 Å². The molecule has 3 rings (SSSR count). The molecule has 1 N–H and O–H groups in total. The smallest absolute Gasteiger partial charge is 0.336 e. The summed E-state index contributed by atoms with van der Waals surface area (Å²) in [4.78, 5) is 14.1. The highest BCUT2D eigenvalue weighted by atomic mass is 32.2. The second-order valence-corrected chi connectivity index (χ2v) is 9.37. The highest BCUT2D eigenvalue weighted by Gasteiger charge is 2.29. The molecule has 1 unspecified atom stereocenters. The lowest BCUT2D eigenvalue weighted by atomic mass is 9.88. The number of esters is 1. The number of hydrogen-bond acceptors (Lipinski definition) is 3. The van der Waals surface area contributed by atoms with Crippen LogP contribution in [0.1, 0.15) is 55.8 Å². The van der Waals surface area contributed by atoms with Crippen LogP contribution in [0.3, 0.4) is 0 Å². The van der Waals surface area contributed by atoms with Crippen LogP contribution in [0.5, 0.6) is 0 Å². The normalized spacial score (nSPS) is 13.6. The van der Waals surface area contributed by atoms with Crippen molar-refractivity contribution < 1.29 is 13.7 Å². The van der Waals surface area contributed by atoms with Crippen molar-refractivity contribution in [1.29, 1.82) is 0 Å². The highest BCUT2D eigenvalue weighted by molar-refractivity contribution is 7.83. The summed E-state index contributed by atoms with van der Waals surface area (Å²) in [5.41, 5.74) is 4.36. The van der Waals surface area contributed by atoms with E-state index >= 15 is 0 Å². The van der Waals surface area contributed by atoms with E-state index in [1.54, 1.807) is 6.92 Å². The molecule has 4 nitrogen and oxygen atoms in total. The number of carbonyl (C=O) groups excluding carboxylic acids is 1. The zero-order valence-corrected chi connectivity index (χ0v) is 20.9. The van der Waals surface area contributed by atoms with Gasteiger partial charge in [-0.1, -0.05) is 91.7 Å². The summed E-state index contributed by atoms with van der Waals surface area (Å²) < 4.78 is 22.2.